The topological polar surface area (TPSA) is 53.5 Å². The second-order valence-corrected chi connectivity index (χ2v) is 4.81. The molecule has 0 spiro atoms. The monoisotopic (exact) mass is 293 g/mol. The zero-order chi connectivity index (χ0) is 15.6. The molecule has 2 rings (SSSR count). The van der Waals surface area contributed by atoms with E-state index in [1.165, 1.54) is 0 Å². The number of hydrazone groups is 1. The second-order valence-electron chi connectivity index (χ2n) is 4.81. The van der Waals surface area contributed by atoms with Crippen LogP contribution in [0.2, 0.25) is 0 Å². The van der Waals surface area contributed by atoms with Gasteiger partial charge in [0, 0.05) is 11.9 Å². The Morgan fingerprint density at radius 2 is 1.95 bits per heavy atom. The number of hydrogen-bond acceptors (Lipinski definition) is 3. The number of allylic oxidation sites excluding steroid dienone is 1. The minimum absolute atomic E-state index is 0.184. The zero-order valence-electron chi connectivity index (χ0n) is 12.5. The van der Waals surface area contributed by atoms with Crippen molar-refractivity contribution in [3.63, 3.8) is 0 Å². The number of anilines is 1. The SMILES string of the molecule is Cc1cccc(NCC(=O)N/N=C\C=C\c2ccccc2)c1. The van der Waals surface area contributed by atoms with Gasteiger partial charge in [-0.2, -0.15) is 5.10 Å². The summed E-state index contributed by atoms with van der Waals surface area (Å²) >= 11 is 0. The summed E-state index contributed by atoms with van der Waals surface area (Å²) in [5.74, 6) is -0.189. The van der Waals surface area contributed by atoms with Gasteiger partial charge in [0.2, 0.25) is 0 Å². The largest absolute Gasteiger partial charge is 0.376 e. The van der Waals surface area contributed by atoms with Gasteiger partial charge in [0.1, 0.15) is 0 Å². The van der Waals surface area contributed by atoms with Crippen LogP contribution in [0.5, 0.6) is 0 Å². The first-order valence-corrected chi connectivity index (χ1v) is 7.08. The maximum atomic E-state index is 11.6. The number of nitrogens with one attached hydrogen (secondary N) is 2. The molecule has 4 heteroatoms. The van der Waals surface area contributed by atoms with Crippen LogP contribution in [0, 0.1) is 6.92 Å². The molecule has 2 aromatic rings. The van der Waals surface area contributed by atoms with Crippen molar-refractivity contribution >= 4 is 23.9 Å². The highest BCUT2D eigenvalue weighted by atomic mass is 16.2. The number of amides is 1. The van der Waals surface area contributed by atoms with E-state index >= 15 is 0 Å². The van der Waals surface area contributed by atoms with E-state index in [2.05, 4.69) is 15.8 Å². The fourth-order valence-electron chi connectivity index (χ4n) is 1.85. The molecule has 2 N–H and O–H groups in total. The molecular weight excluding hydrogens is 274 g/mol. The minimum Gasteiger partial charge on any atom is -0.376 e. The van der Waals surface area contributed by atoms with Gasteiger partial charge in [-0.15, -0.1) is 0 Å². The number of benzene rings is 2. The summed E-state index contributed by atoms with van der Waals surface area (Å²) in [6.45, 7) is 2.19. The van der Waals surface area contributed by atoms with Gasteiger partial charge in [-0.25, -0.2) is 5.43 Å². The lowest BCUT2D eigenvalue weighted by Crippen LogP contribution is -2.25. The van der Waals surface area contributed by atoms with Gasteiger partial charge in [0.05, 0.1) is 6.54 Å². The quantitative estimate of drug-likeness (QED) is 0.634. The number of hydrogen-bond donors (Lipinski definition) is 2. The van der Waals surface area contributed by atoms with Crippen LogP contribution in [0.1, 0.15) is 11.1 Å². The Hall–Kier alpha value is -2.88. The summed E-state index contributed by atoms with van der Waals surface area (Å²) in [7, 11) is 0. The van der Waals surface area contributed by atoms with E-state index in [1.54, 1.807) is 12.3 Å². The smallest absolute Gasteiger partial charge is 0.259 e. The molecule has 0 atom stereocenters. The highest BCUT2D eigenvalue weighted by Gasteiger charge is 1.98. The fourth-order valence-corrected chi connectivity index (χ4v) is 1.85. The maximum Gasteiger partial charge on any atom is 0.259 e. The number of nitrogens with zero attached hydrogens (tertiary/aromatic N) is 1. The number of carbonyl (C=O) groups is 1. The maximum absolute atomic E-state index is 11.6. The molecule has 0 heterocycles. The third-order valence-corrected chi connectivity index (χ3v) is 2.91. The summed E-state index contributed by atoms with van der Waals surface area (Å²) < 4.78 is 0. The Kier molecular flexibility index (Phi) is 5.93. The van der Waals surface area contributed by atoms with Crippen LogP contribution >= 0.6 is 0 Å². The molecule has 0 aromatic heterocycles. The Labute approximate surface area is 130 Å². The van der Waals surface area contributed by atoms with Crippen molar-refractivity contribution < 1.29 is 4.79 Å². The van der Waals surface area contributed by atoms with Crippen molar-refractivity contribution in [3.8, 4) is 0 Å². The fraction of sp³-hybridized carbons (Fsp3) is 0.111. The van der Waals surface area contributed by atoms with Crippen molar-refractivity contribution in [1.29, 1.82) is 0 Å². The van der Waals surface area contributed by atoms with Crippen LogP contribution in [0.4, 0.5) is 5.69 Å². The van der Waals surface area contributed by atoms with Crippen molar-refractivity contribution in [2.75, 3.05) is 11.9 Å². The van der Waals surface area contributed by atoms with E-state index in [-0.39, 0.29) is 12.5 Å². The Morgan fingerprint density at radius 1 is 1.14 bits per heavy atom. The van der Waals surface area contributed by atoms with Crippen LogP contribution in [0.25, 0.3) is 6.08 Å². The Bertz CT molecular complexity index is 663. The number of aryl methyl sites for hydroxylation is 1. The molecule has 1 amide bonds. The minimum atomic E-state index is -0.189. The van der Waals surface area contributed by atoms with E-state index in [0.29, 0.717) is 0 Å². The molecule has 0 fully saturated rings. The van der Waals surface area contributed by atoms with E-state index in [4.69, 9.17) is 0 Å². The molecule has 22 heavy (non-hydrogen) atoms. The van der Waals surface area contributed by atoms with Gasteiger partial charge in [0.15, 0.2) is 0 Å². The van der Waals surface area contributed by atoms with Gasteiger partial charge >= 0.3 is 0 Å². The average molecular weight is 293 g/mol. The molecule has 0 radical (unpaired) electrons. The van der Waals surface area contributed by atoms with Crippen LogP contribution in [-0.2, 0) is 4.79 Å². The summed E-state index contributed by atoms with van der Waals surface area (Å²) in [4.78, 5) is 11.6. The lowest BCUT2D eigenvalue weighted by atomic mass is 10.2. The molecule has 0 aliphatic rings. The van der Waals surface area contributed by atoms with E-state index in [0.717, 1.165) is 16.8 Å². The predicted molar refractivity (Wildman–Crippen MR) is 91.8 cm³/mol. The molecule has 0 aliphatic carbocycles. The first kappa shape index (κ1) is 15.5. The molecule has 4 nitrogen and oxygen atoms in total. The van der Waals surface area contributed by atoms with Crippen molar-refractivity contribution in [2.45, 2.75) is 6.92 Å². The average Bonchev–Trinajstić information content (AvgIpc) is 2.54. The highest BCUT2D eigenvalue weighted by molar-refractivity contribution is 5.83. The molecule has 112 valence electrons. The van der Waals surface area contributed by atoms with E-state index in [9.17, 15) is 4.79 Å². The van der Waals surface area contributed by atoms with E-state index < -0.39 is 0 Å². The third kappa shape index (κ3) is 5.63. The van der Waals surface area contributed by atoms with Gasteiger partial charge in [-0.1, -0.05) is 48.5 Å². The summed E-state index contributed by atoms with van der Waals surface area (Å²) in [6, 6.07) is 17.8. The standard InChI is InChI=1S/C18H19N3O/c1-15-7-5-11-17(13-15)19-14-18(22)21-20-12-6-10-16-8-3-2-4-9-16/h2-13,19H,14H2,1H3,(H,21,22)/b10-6+,20-12-. The summed E-state index contributed by atoms with van der Waals surface area (Å²) in [6.07, 6.45) is 5.25. The van der Waals surface area contributed by atoms with Crippen LogP contribution in [0.3, 0.4) is 0 Å². The molecule has 2 aromatic carbocycles. The predicted octanol–water partition coefficient (Wildman–Crippen LogP) is 3.22. The van der Waals surface area contributed by atoms with Crippen molar-refractivity contribution in [2.24, 2.45) is 5.10 Å². The molecule has 0 saturated carbocycles. The summed E-state index contributed by atoms with van der Waals surface area (Å²) in [5.41, 5.74) is 5.62. The van der Waals surface area contributed by atoms with Crippen LogP contribution in [-0.4, -0.2) is 18.7 Å². The Balaban J connectivity index is 1.71. The molecule has 0 unspecified atom stereocenters. The first-order valence-electron chi connectivity index (χ1n) is 7.08. The van der Waals surface area contributed by atoms with Gasteiger partial charge in [-0.3, -0.25) is 4.79 Å². The Morgan fingerprint density at radius 3 is 2.73 bits per heavy atom. The zero-order valence-corrected chi connectivity index (χ0v) is 12.5. The molecule has 0 saturated heterocycles. The van der Waals surface area contributed by atoms with E-state index in [1.807, 2.05) is 67.6 Å². The molecule has 0 bridgehead atoms. The van der Waals surface area contributed by atoms with Gasteiger partial charge in [0.25, 0.3) is 5.91 Å². The van der Waals surface area contributed by atoms with Crippen molar-refractivity contribution in [3.05, 3.63) is 71.8 Å². The van der Waals surface area contributed by atoms with Gasteiger partial charge < -0.3 is 5.32 Å². The highest BCUT2D eigenvalue weighted by Crippen LogP contribution is 2.08. The molecular formula is C18H19N3O. The number of rotatable bonds is 6. The molecule has 0 aliphatic heterocycles. The lowest BCUT2D eigenvalue weighted by molar-refractivity contribution is -0.119. The van der Waals surface area contributed by atoms with Crippen LogP contribution < -0.4 is 10.7 Å². The number of carbonyl (C=O) groups excluding carboxylic acids is 1. The lowest BCUT2D eigenvalue weighted by Gasteiger charge is -2.05. The summed E-state index contributed by atoms with van der Waals surface area (Å²) in [5, 5.41) is 6.91. The second kappa shape index (κ2) is 8.42. The first-order chi connectivity index (χ1) is 10.7. The van der Waals surface area contributed by atoms with Crippen molar-refractivity contribution in [1.82, 2.24) is 5.43 Å². The normalized spacial score (nSPS) is 11.0. The van der Waals surface area contributed by atoms with Crippen LogP contribution in [0.15, 0.2) is 65.8 Å². The van der Waals surface area contributed by atoms with Gasteiger partial charge in [-0.05, 0) is 36.3 Å². The third-order valence-electron chi connectivity index (χ3n) is 2.91.